The molecule has 2 heteroatoms. The molecule has 0 saturated carbocycles. The molecule has 1 heterocycles. The predicted molar refractivity (Wildman–Crippen MR) is 61.0 cm³/mol. The Kier molecular flexibility index (Phi) is 2.68. The number of benzene rings is 1. The molecule has 0 radical (unpaired) electrons. The molecule has 2 nitrogen and oxygen atoms in total. The lowest BCUT2D eigenvalue weighted by atomic mass is 10.2. The van der Waals surface area contributed by atoms with Gasteiger partial charge in [-0.15, -0.1) is 0 Å². The quantitative estimate of drug-likeness (QED) is 0.726. The molecular formula is C13H13NO. The van der Waals surface area contributed by atoms with E-state index in [0.29, 0.717) is 0 Å². The van der Waals surface area contributed by atoms with Crippen LogP contribution in [0.25, 0.3) is 0 Å². The monoisotopic (exact) mass is 199 g/mol. The van der Waals surface area contributed by atoms with E-state index < -0.39 is 0 Å². The summed E-state index contributed by atoms with van der Waals surface area (Å²) in [6.45, 7) is 2.76. The van der Waals surface area contributed by atoms with E-state index in [-0.39, 0.29) is 5.43 Å². The Morgan fingerprint density at radius 2 is 1.87 bits per heavy atom. The summed E-state index contributed by atoms with van der Waals surface area (Å²) < 4.78 is 2.07. The molecule has 0 saturated heterocycles. The van der Waals surface area contributed by atoms with E-state index in [2.05, 4.69) is 16.7 Å². The molecule has 0 aliphatic carbocycles. The molecule has 15 heavy (non-hydrogen) atoms. The first-order valence-electron chi connectivity index (χ1n) is 4.97. The van der Waals surface area contributed by atoms with Gasteiger partial charge in [-0.1, -0.05) is 30.3 Å². The standard InChI is InChI=1S/C13H13NO/c1-11-9-13(15)7-8-14(11)10-12-5-3-2-4-6-12/h2-9H,10H2,1H3. The van der Waals surface area contributed by atoms with Crippen LogP contribution in [-0.4, -0.2) is 4.57 Å². The molecule has 0 spiro atoms. The maximum Gasteiger partial charge on any atom is 0.181 e. The molecule has 0 unspecified atom stereocenters. The van der Waals surface area contributed by atoms with Crippen LogP contribution in [0.4, 0.5) is 0 Å². The van der Waals surface area contributed by atoms with Crippen molar-refractivity contribution in [2.75, 3.05) is 0 Å². The van der Waals surface area contributed by atoms with Crippen LogP contribution in [0.3, 0.4) is 0 Å². The smallest absolute Gasteiger partial charge is 0.181 e. The summed E-state index contributed by atoms with van der Waals surface area (Å²) in [5, 5.41) is 0. The fraction of sp³-hybridized carbons (Fsp3) is 0.154. The second-order valence-corrected chi connectivity index (χ2v) is 3.62. The molecule has 76 valence electrons. The number of nitrogens with zero attached hydrogens (tertiary/aromatic N) is 1. The van der Waals surface area contributed by atoms with Gasteiger partial charge < -0.3 is 4.57 Å². The average molecular weight is 199 g/mol. The van der Waals surface area contributed by atoms with Crippen molar-refractivity contribution >= 4 is 0 Å². The van der Waals surface area contributed by atoms with Gasteiger partial charge >= 0.3 is 0 Å². The number of pyridine rings is 1. The summed E-state index contributed by atoms with van der Waals surface area (Å²) in [7, 11) is 0. The van der Waals surface area contributed by atoms with Gasteiger partial charge in [0, 0.05) is 30.6 Å². The minimum Gasteiger partial charge on any atom is -0.347 e. The molecule has 1 aromatic carbocycles. The number of rotatable bonds is 2. The molecular weight excluding hydrogens is 186 g/mol. The Balaban J connectivity index is 2.29. The third-order valence-electron chi connectivity index (χ3n) is 2.42. The number of hydrogen-bond donors (Lipinski definition) is 0. The van der Waals surface area contributed by atoms with Crippen LogP contribution in [0.5, 0.6) is 0 Å². The van der Waals surface area contributed by atoms with Crippen molar-refractivity contribution in [3.05, 3.63) is 70.1 Å². The van der Waals surface area contributed by atoms with Crippen molar-refractivity contribution in [2.24, 2.45) is 0 Å². The first-order valence-corrected chi connectivity index (χ1v) is 4.97. The summed E-state index contributed by atoms with van der Waals surface area (Å²) in [5.74, 6) is 0. The Morgan fingerprint density at radius 1 is 1.13 bits per heavy atom. The Bertz CT molecular complexity index is 499. The SMILES string of the molecule is Cc1cc(=O)ccn1Cc1ccccc1. The molecule has 0 aliphatic heterocycles. The van der Waals surface area contributed by atoms with Gasteiger partial charge in [0.25, 0.3) is 0 Å². The second-order valence-electron chi connectivity index (χ2n) is 3.62. The Morgan fingerprint density at radius 3 is 2.53 bits per heavy atom. The number of hydrogen-bond acceptors (Lipinski definition) is 1. The lowest BCUT2D eigenvalue weighted by Crippen LogP contribution is -2.09. The molecule has 0 bridgehead atoms. The fourth-order valence-electron chi connectivity index (χ4n) is 1.58. The highest BCUT2D eigenvalue weighted by Gasteiger charge is 1.96. The first kappa shape index (κ1) is 9.71. The zero-order chi connectivity index (χ0) is 10.7. The molecule has 0 N–H and O–H groups in total. The molecule has 0 amide bonds. The van der Waals surface area contributed by atoms with Gasteiger partial charge in [0.05, 0.1) is 0 Å². The molecule has 1 aromatic heterocycles. The highest BCUT2D eigenvalue weighted by molar-refractivity contribution is 5.16. The summed E-state index contributed by atoms with van der Waals surface area (Å²) in [5.41, 5.74) is 2.30. The van der Waals surface area contributed by atoms with Gasteiger partial charge in [-0.3, -0.25) is 4.79 Å². The van der Waals surface area contributed by atoms with Crippen LogP contribution in [0.15, 0.2) is 53.5 Å². The van der Waals surface area contributed by atoms with Gasteiger partial charge in [0.15, 0.2) is 5.43 Å². The predicted octanol–water partition coefficient (Wildman–Crippen LogP) is 2.21. The van der Waals surface area contributed by atoms with Crippen molar-refractivity contribution in [1.82, 2.24) is 4.57 Å². The first-order chi connectivity index (χ1) is 7.25. The maximum atomic E-state index is 11.1. The van der Waals surface area contributed by atoms with Crippen LogP contribution in [0.2, 0.25) is 0 Å². The highest BCUT2D eigenvalue weighted by atomic mass is 16.1. The van der Waals surface area contributed by atoms with Gasteiger partial charge in [-0.05, 0) is 12.5 Å². The van der Waals surface area contributed by atoms with Crippen LogP contribution < -0.4 is 5.43 Å². The van der Waals surface area contributed by atoms with Crippen LogP contribution in [0.1, 0.15) is 11.3 Å². The van der Waals surface area contributed by atoms with Crippen LogP contribution >= 0.6 is 0 Å². The van der Waals surface area contributed by atoms with Crippen molar-refractivity contribution < 1.29 is 0 Å². The Hall–Kier alpha value is -1.83. The van der Waals surface area contributed by atoms with Crippen molar-refractivity contribution in [3.63, 3.8) is 0 Å². The van der Waals surface area contributed by atoms with E-state index in [9.17, 15) is 4.79 Å². The topological polar surface area (TPSA) is 22.0 Å². The normalized spacial score (nSPS) is 10.2. The highest BCUT2D eigenvalue weighted by Crippen LogP contribution is 2.03. The molecule has 0 atom stereocenters. The molecule has 0 aliphatic rings. The average Bonchev–Trinajstić information content (AvgIpc) is 2.24. The molecule has 2 aromatic rings. The van der Waals surface area contributed by atoms with Crippen LogP contribution in [0, 0.1) is 6.92 Å². The van der Waals surface area contributed by atoms with E-state index in [1.807, 2.05) is 31.3 Å². The minimum absolute atomic E-state index is 0.0665. The number of aryl methyl sites for hydroxylation is 1. The Labute approximate surface area is 88.8 Å². The van der Waals surface area contributed by atoms with Crippen molar-refractivity contribution in [3.8, 4) is 0 Å². The summed E-state index contributed by atoms with van der Waals surface area (Å²) >= 11 is 0. The second kappa shape index (κ2) is 4.13. The molecule has 2 rings (SSSR count). The zero-order valence-electron chi connectivity index (χ0n) is 8.68. The largest absolute Gasteiger partial charge is 0.347 e. The van der Waals surface area contributed by atoms with Crippen molar-refractivity contribution in [1.29, 1.82) is 0 Å². The van der Waals surface area contributed by atoms with Gasteiger partial charge in [-0.2, -0.15) is 0 Å². The summed E-state index contributed by atoms with van der Waals surface area (Å²) in [4.78, 5) is 11.1. The third-order valence-corrected chi connectivity index (χ3v) is 2.42. The number of aromatic nitrogens is 1. The van der Waals surface area contributed by atoms with E-state index in [1.165, 1.54) is 5.56 Å². The van der Waals surface area contributed by atoms with E-state index in [4.69, 9.17) is 0 Å². The van der Waals surface area contributed by atoms with E-state index in [0.717, 1.165) is 12.2 Å². The minimum atomic E-state index is 0.0665. The van der Waals surface area contributed by atoms with Gasteiger partial charge in [0.1, 0.15) is 0 Å². The molecule has 0 fully saturated rings. The fourth-order valence-corrected chi connectivity index (χ4v) is 1.58. The summed E-state index contributed by atoms with van der Waals surface area (Å²) in [6.07, 6.45) is 1.84. The lowest BCUT2D eigenvalue weighted by Gasteiger charge is -2.09. The van der Waals surface area contributed by atoms with Gasteiger partial charge in [0.2, 0.25) is 0 Å². The lowest BCUT2D eigenvalue weighted by molar-refractivity contribution is 0.757. The van der Waals surface area contributed by atoms with Crippen LogP contribution in [-0.2, 0) is 6.54 Å². The summed E-state index contributed by atoms with van der Waals surface area (Å²) in [6, 6.07) is 13.5. The zero-order valence-corrected chi connectivity index (χ0v) is 8.68. The van der Waals surface area contributed by atoms with Gasteiger partial charge in [-0.25, -0.2) is 0 Å². The maximum absolute atomic E-state index is 11.1. The third kappa shape index (κ3) is 2.34. The van der Waals surface area contributed by atoms with E-state index >= 15 is 0 Å². The van der Waals surface area contributed by atoms with Crippen molar-refractivity contribution in [2.45, 2.75) is 13.5 Å². The van der Waals surface area contributed by atoms with E-state index in [1.54, 1.807) is 12.1 Å².